The number of hydrogen-bond donors (Lipinski definition) is 2. The Bertz CT molecular complexity index is 855. The molecule has 4 rings (SSSR count). The second kappa shape index (κ2) is 6.98. The zero-order valence-electron chi connectivity index (χ0n) is 14.2. The average Bonchev–Trinajstić information content (AvgIpc) is 3.15. The van der Waals surface area contributed by atoms with Crippen molar-refractivity contribution in [3.8, 4) is 28.1 Å². The highest BCUT2D eigenvalue weighted by atomic mass is 16.3. The molecule has 0 bridgehead atoms. The molecule has 25 heavy (non-hydrogen) atoms. The Morgan fingerprint density at radius 2 is 1.56 bits per heavy atom. The number of pyridine rings is 1. The quantitative estimate of drug-likeness (QED) is 0.666. The van der Waals surface area contributed by atoms with Gasteiger partial charge in [0, 0.05) is 11.6 Å². The van der Waals surface area contributed by atoms with E-state index in [1.807, 2.05) is 42.5 Å². The molecule has 2 N–H and O–H groups in total. The summed E-state index contributed by atoms with van der Waals surface area (Å²) in [6, 6.07) is 22.3. The normalized spacial score (nSPS) is 14.6. The lowest BCUT2D eigenvalue weighted by molar-refractivity contribution is 0.477. The van der Waals surface area contributed by atoms with Crippen LogP contribution in [0.3, 0.4) is 0 Å². The van der Waals surface area contributed by atoms with Crippen LogP contribution in [0.15, 0.2) is 66.7 Å². The summed E-state index contributed by atoms with van der Waals surface area (Å²) in [7, 11) is 0. The van der Waals surface area contributed by atoms with Crippen LogP contribution in [0.1, 0.15) is 25.7 Å². The number of anilines is 1. The minimum absolute atomic E-state index is 0.257. The summed E-state index contributed by atoms with van der Waals surface area (Å²) in [4.78, 5) is 4.78. The predicted octanol–water partition coefficient (Wildman–Crippen LogP) is 5.48. The van der Waals surface area contributed by atoms with Crippen LogP contribution in [0.2, 0.25) is 0 Å². The molecule has 1 aromatic heterocycles. The van der Waals surface area contributed by atoms with Gasteiger partial charge >= 0.3 is 0 Å². The van der Waals surface area contributed by atoms with Crippen LogP contribution < -0.4 is 5.32 Å². The van der Waals surface area contributed by atoms with Crippen molar-refractivity contribution in [2.45, 2.75) is 31.7 Å². The zero-order valence-corrected chi connectivity index (χ0v) is 14.2. The van der Waals surface area contributed by atoms with Crippen LogP contribution in [0.4, 0.5) is 5.82 Å². The van der Waals surface area contributed by atoms with Gasteiger partial charge in [0.25, 0.3) is 0 Å². The molecule has 1 aliphatic carbocycles. The number of benzene rings is 2. The van der Waals surface area contributed by atoms with Gasteiger partial charge in [-0.2, -0.15) is 0 Å². The molecule has 0 amide bonds. The Kier molecular flexibility index (Phi) is 4.38. The Labute approximate surface area is 148 Å². The molecule has 2 aromatic carbocycles. The fourth-order valence-corrected chi connectivity index (χ4v) is 3.51. The van der Waals surface area contributed by atoms with Crippen molar-refractivity contribution in [3.05, 3.63) is 66.7 Å². The summed E-state index contributed by atoms with van der Waals surface area (Å²) in [5.74, 6) is 1.14. The van der Waals surface area contributed by atoms with E-state index in [4.69, 9.17) is 4.98 Å². The van der Waals surface area contributed by atoms with E-state index in [1.54, 1.807) is 6.07 Å². The summed E-state index contributed by atoms with van der Waals surface area (Å²) in [5, 5.41) is 13.8. The third-order valence-electron chi connectivity index (χ3n) is 4.82. The van der Waals surface area contributed by atoms with Gasteiger partial charge in [-0.1, -0.05) is 55.3 Å². The third-order valence-corrected chi connectivity index (χ3v) is 4.82. The molecule has 3 heteroatoms. The minimum atomic E-state index is 0.257. The van der Waals surface area contributed by atoms with Crippen LogP contribution in [-0.2, 0) is 0 Å². The van der Waals surface area contributed by atoms with Gasteiger partial charge in [0.2, 0.25) is 0 Å². The first-order chi connectivity index (χ1) is 12.3. The fourth-order valence-electron chi connectivity index (χ4n) is 3.51. The van der Waals surface area contributed by atoms with Gasteiger partial charge in [0.1, 0.15) is 11.6 Å². The first-order valence-electron chi connectivity index (χ1n) is 8.92. The Morgan fingerprint density at radius 3 is 2.32 bits per heavy atom. The van der Waals surface area contributed by atoms with Crippen molar-refractivity contribution in [2.75, 3.05) is 5.32 Å². The summed E-state index contributed by atoms with van der Waals surface area (Å²) in [6.45, 7) is 0. The highest BCUT2D eigenvalue weighted by Crippen LogP contribution is 2.33. The molecule has 0 saturated heterocycles. The number of para-hydroxylation sites is 1. The van der Waals surface area contributed by atoms with Crippen molar-refractivity contribution in [2.24, 2.45) is 0 Å². The third kappa shape index (κ3) is 3.50. The Hall–Kier alpha value is -2.81. The lowest BCUT2D eigenvalue weighted by Crippen LogP contribution is -2.15. The van der Waals surface area contributed by atoms with Crippen molar-refractivity contribution in [1.82, 2.24) is 4.98 Å². The van der Waals surface area contributed by atoms with E-state index in [-0.39, 0.29) is 5.75 Å². The summed E-state index contributed by atoms with van der Waals surface area (Å²) >= 11 is 0. The van der Waals surface area contributed by atoms with E-state index in [1.165, 1.54) is 25.7 Å². The van der Waals surface area contributed by atoms with Crippen LogP contribution in [-0.4, -0.2) is 16.1 Å². The van der Waals surface area contributed by atoms with Crippen molar-refractivity contribution in [1.29, 1.82) is 0 Å². The molecule has 3 nitrogen and oxygen atoms in total. The maximum Gasteiger partial charge on any atom is 0.127 e. The number of phenolic OH excluding ortho intramolecular Hbond substituents is 1. The van der Waals surface area contributed by atoms with Crippen LogP contribution in [0, 0.1) is 0 Å². The first kappa shape index (κ1) is 15.7. The molecule has 0 radical (unpaired) electrons. The van der Waals surface area contributed by atoms with Crippen molar-refractivity contribution >= 4 is 5.82 Å². The molecule has 0 unspecified atom stereocenters. The molecule has 0 spiro atoms. The average molecular weight is 330 g/mol. The number of nitrogens with zero attached hydrogens (tertiary/aromatic N) is 1. The van der Waals surface area contributed by atoms with Crippen molar-refractivity contribution < 1.29 is 5.11 Å². The van der Waals surface area contributed by atoms with E-state index >= 15 is 0 Å². The summed E-state index contributed by atoms with van der Waals surface area (Å²) in [6.07, 6.45) is 4.96. The minimum Gasteiger partial charge on any atom is -0.507 e. The van der Waals surface area contributed by atoms with Gasteiger partial charge in [-0.05, 0) is 48.2 Å². The molecule has 1 heterocycles. The van der Waals surface area contributed by atoms with Gasteiger partial charge in [0.05, 0.1) is 5.69 Å². The number of phenols is 1. The van der Waals surface area contributed by atoms with Gasteiger partial charge in [-0.3, -0.25) is 0 Å². The number of hydrogen-bond acceptors (Lipinski definition) is 3. The fraction of sp³-hybridized carbons (Fsp3) is 0.227. The highest BCUT2D eigenvalue weighted by molar-refractivity contribution is 5.76. The molecular formula is C22H22N2O. The Balaban J connectivity index is 1.78. The predicted molar refractivity (Wildman–Crippen MR) is 103 cm³/mol. The van der Waals surface area contributed by atoms with E-state index in [0.29, 0.717) is 6.04 Å². The largest absolute Gasteiger partial charge is 0.507 e. The molecule has 1 fully saturated rings. The van der Waals surface area contributed by atoms with Gasteiger partial charge in [-0.25, -0.2) is 4.98 Å². The SMILES string of the molecule is Oc1ccccc1-c1cc(-c2ccccc2)cc(NC2CCCC2)n1. The number of aromatic hydroxyl groups is 1. The summed E-state index contributed by atoms with van der Waals surface area (Å²) < 4.78 is 0. The molecule has 126 valence electrons. The maximum absolute atomic E-state index is 10.2. The second-order valence-electron chi connectivity index (χ2n) is 6.64. The van der Waals surface area contributed by atoms with Gasteiger partial charge in [-0.15, -0.1) is 0 Å². The second-order valence-corrected chi connectivity index (χ2v) is 6.64. The number of aromatic nitrogens is 1. The lowest BCUT2D eigenvalue weighted by Gasteiger charge is -2.16. The zero-order chi connectivity index (χ0) is 17.1. The van der Waals surface area contributed by atoms with Crippen LogP contribution in [0.25, 0.3) is 22.4 Å². The van der Waals surface area contributed by atoms with E-state index in [9.17, 15) is 5.11 Å². The molecule has 1 aliphatic rings. The highest BCUT2D eigenvalue weighted by Gasteiger charge is 2.16. The van der Waals surface area contributed by atoms with E-state index < -0.39 is 0 Å². The number of nitrogens with one attached hydrogen (secondary N) is 1. The molecular weight excluding hydrogens is 308 g/mol. The topological polar surface area (TPSA) is 45.1 Å². The lowest BCUT2D eigenvalue weighted by atomic mass is 10.0. The standard InChI is InChI=1S/C22H22N2O/c25-21-13-7-6-12-19(21)20-14-17(16-8-2-1-3-9-16)15-22(24-20)23-18-10-4-5-11-18/h1-3,6-9,12-15,18,25H,4-5,10-11H2,(H,23,24). The number of rotatable bonds is 4. The first-order valence-corrected chi connectivity index (χ1v) is 8.92. The monoisotopic (exact) mass is 330 g/mol. The summed E-state index contributed by atoms with van der Waals surface area (Å²) in [5.41, 5.74) is 3.81. The van der Waals surface area contributed by atoms with E-state index in [2.05, 4.69) is 23.5 Å². The van der Waals surface area contributed by atoms with Crippen molar-refractivity contribution in [3.63, 3.8) is 0 Å². The van der Waals surface area contributed by atoms with Gasteiger partial charge in [0.15, 0.2) is 0 Å². The molecule has 0 atom stereocenters. The van der Waals surface area contributed by atoms with Crippen LogP contribution >= 0.6 is 0 Å². The molecule has 1 saturated carbocycles. The van der Waals surface area contributed by atoms with Gasteiger partial charge < -0.3 is 10.4 Å². The maximum atomic E-state index is 10.2. The molecule has 3 aromatic rings. The Morgan fingerprint density at radius 1 is 0.840 bits per heavy atom. The molecule has 0 aliphatic heterocycles. The van der Waals surface area contributed by atoms with E-state index in [0.717, 1.165) is 28.2 Å². The smallest absolute Gasteiger partial charge is 0.127 e. The van der Waals surface area contributed by atoms with Crippen LogP contribution in [0.5, 0.6) is 5.75 Å².